The van der Waals surface area contributed by atoms with Crippen molar-refractivity contribution in [1.29, 1.82) is 0 Å². The van der Waals surface area contributed by atoms with Crippen LogP contribution in [0.1, 0.15) is 6.42 Å². The van der Waals surface area contributed by atoms with Gasteiger partial charge in [0, 0.05) is 24.1 Å². The number of nitrogens with one attached hydrogen (secondary N) is 1. The van der Waals surface area contributed by atoms with Crippen molar-refractivity contribution in [2.24, 2.45) is 0 Å². The lowest BCUT2D eigenvalue weighted by atomic mass is 10.1. The van der Waals surface area contributed by atoms with E-state index in [0.717, 1.165) is 24.7 Å². The van der Waals surface area contributed by atoms with Crippen molar-refractivity contribution in [1.82, 2.24) is 15.3 Å². The standard InChI is InChI=1S/C10H15N3OS/c1-11-8-3-5-14-6-9(8)15-10-2-4-12-7-13-10/h2,4,7-9,11H,3,5-6H2,1H3. The number of nitrogens with zero attached hydrogens (tertiary/aromatic N) is 2. The van der Waals surface area contributed by atoms with Crippen molar-refractivity contribution < 1.29 is 4.74 Å². The van der Waals surface area contributed by atoms with E-state index >= 15 is 0 Å². The van der Waals surface area contributed by atoms with E-state index in [1.165, 1.54) is 0 Å². The molecule has 1 aromatic rings. The number of rotatable bonds is 3. The Morgan fingerprint density at radius 2 is 2.53 bits per heavy atom. The molecule has 2 rings (SSSR count). The molecule has 0 aromatic carbocycles. The van der Waals surface area contributed by atoms with E-state index in [2.05, 4.69) is 15.3 Å². The van der Waals surface area contributed by atoms with Crippen LogP contribution in [0.15, 0.2) is 23.6 Å². The van der Waals surface area contributed by atoms with Crippen LogP contribution in [0.3, 0.4) is 0 Å². The summed E-state index contributed by atoms with van der Waals surface area (Å²) in [6.07, 6.45) is 4.42. The summed E-state index contributed by atoms with van der Waals surface area (Å²) in [4.78, 5) is 8.12. The van der Waals surface area contributed by atoms with Gasteiger partial charge in [0.2, 0.25) is 0 Å². The highest BCUT2D eigenvalue weighted by Gasteiger charge is 2.25. The molecule has 1 saturated heterocycles. The first-order chi connectivity index (χ1) is 7.40. The maximum atomic E-state index is 5.48. The van der Waals surface area contributed by atoms with Crippen LogP contribution < -0.4 is 5.32 Å². The highest BCUT2D eigenvalue weighted by Crippen LogP contribution is 2.26. The molecule has 1 fully saturated rings. The quantitative estimate of drug-likeness (QED) is 0.776. The molecule has 4 nitrogen and oxygen atoms in total. The summed E-state index contributed by atoms with van der Waals surface area (Å²) in [7, 11) is 2.00. The van der Waals surface area contributed by atoms with Gasteiger partial charge in [-0.15, -0.1) is 0 Å². The lowest BCUT2D eigenvalue weighted by Crippen LogP contribution is -2.43. The predicted molar refractivity (Wildman–Crippen MR) is 60.0 cm³/mol. The lowest BCUT2D eigenvalue weighted by Gasteiger charge is -2.30. The third-order valence-electron chi connectivity index (χ3n) is 2.50. The summed E-state index contributed by atoms with van der Waals surface area (Å²) < 4.78 is 5.48. The van der Waals surface area contributed by atoms with Gasteiger partial charge in [0.25, 0.3) is 0 Å². The molecule has 1 N–H and O–H groups in total. The Hall–Kier alpha value is -0.650. The van der Waals surface area contributed by atoms with Gasteiger partial charge in [-0.1, -0.05) is 11.8 Å². The van der Waals surface area contributed by atoms with Crippen LogP contribution in [-0.2, 0) is 4.74 Å². The Bertz CT molecular complexity index is 296. The van der Waals surface area contributed by atoms with Crippen LogP contribution in [0.2, 0.25) is 0 Å². The largest absolute Gasteiger partial charge is 0.380 e. The van der Waals surface area contributed by atoms with Crippen LogP contribution in [0.5, 0.6) is 0 Å². The second kappa shape index (κ2) is 5.44. The fourth-order valence-electron chi connectivity index (χ4n) is 1.66. The molecule has 0 aliphatic carbocycles. The SMILES string of the molecule is CNC1CCOCC1Sc1ccncn1. The number of hydrogen-bond acceptors (Lipinski definition) is 5. The molecule has 5 heteroatoms. The zero-order chi connectivity index (χ0) is 10.5. The Kier molecular flexibility index (Phi) is 3.94. The highest BCUT2D eigenvalue weighted by molar-refractivity contribution is 8.00. The molecule has 0 bridgehead atoms. The molecule has 1 aliphatic rings. The van der Waals surface area contributed by atoms with E-state index in [1.54, 1.807) is 24.3 Å². The van der Waals surface area contributed by atoms with Crippen molar-refractivity contribution in [3.8, 4) is 0 Å². The van der Waals surface area contributed by atoms with Gasteiger partial charge in [0.15, 0.2) is 0 Å². The van der Waals surface area contributed by atoms with Crippen molar-refractivity contribution in [3.63, 3.8) is 0 Å². The van der Waals surface area contributed by atoms with E-state index in [9.17, 15) is 0 Å². The molecule has 1 aromatic heterocycles. The molecule has 2 atom stereocenters. The Morgan fingerprint density at radius 3 is 3.27 bits per heavy atom. The fraction of sp³-hybridized carbons (Fsp3) is 0.600. The van der Waals surface area contributed by atoms with E-state index < -0.39 is 0 Å². The first-order valence-corrected chi connectivity index (χ1v) is 5.96. The number of hydrogen-bond donors (Lipinski definition) is 1. The highest BCUT2D eigenvalue weighted by atomic mass is 32.2. The van der Waals surface area contributed by atoms with Crippen molar-refractivity contribution >= 4 is 11.8 Å². The van der Waals surface area contributed by atoms with Crippen LogP contribution in [0.25, 0.3) is 0 Å². The van der Waals surface area contributed by atoms with Gasteiger partial charge in [-0.3, -0.25) is 0 Å². The molecular weight excluding hydrogens is 210 g/mol. The van der Waals surface area contributed by atoms with Crippen molar-refractivity contribution in [2.75, 3.05) is 20.3 Å². The molecule has 82 valence electrons. The number of aromatic nitrogens is 2. The average molecular weight is 225 g/mol. The molecule has 0 saturated carbocycles. The maximum Gasteiger partial charge on any atom is 0.116 e. The minimum absolute atomic E-state index is 0.443. The Labute approximate surface area is 93.8 Å². The minimum atomic E-state index is 0.443. The Balaban J connectivity index is 1.97. The summed E-state index contributed by atoms with van der Waals surface area (Å²) in [6.45, 7) is 1.65. The average Bonchev–Trinajstić information content (AvgIpc) is 2.31. The lowest BCUT2D eigenvalue weighted by molar-refractivity contribution is 0.0850. The second-order valence-electron chi connectivity index (χ2n) is 3.46. The van der Waals surface area contributed by atoms with Gasteiger partial charge in [-0.05, 0) is 19.5 Å². The third-order valence-corrected chi connectivity index (χ3v) is 3.75. The van der Waals surface area contributed by atoms with Crippen molar-refractivity contribution in [2.45, 2.75) is 22.7 Å². The molecular formula is C10H15N3OS. The molecule has 2 unspecified atom stereocenters. The summed E-state index contributed by atoms with van der Waals surface area (Å²) >= 11 is 1.76. The van der Waals surface area contributed by atoms with Gasteiger partial charge in [-0.25, -0.2) is 9.97 Å². The fourth-order valence-corrected chi connectivity index (χ4v) is 2.82. The second-order valence-corrected chi connectivity index (χ2v) is 4.72. The van der Waals surface area contributed by atoms with Gasteiger partial charge in [0.05, 0.1) is 11.6 Å². The summed E-state index contributed by atoms with van der Waals surface area (Å²) in [5.41, 5.74) is 0. The van der Waals surface area contributed by atoms with Gasteiger partial charge < -0.3 is 10.1 Å². The smallest absolute Gasteiger partial charge is 0.116 e. The third kappa shape index (κ3) is 2.90. The summed E-state index contributed by atoms with van der Waals surface area (Å²) in [6, 6.07) is 2.45. The number of thioether (sulfide) groups is 1. The van der Waals surface area contributed by atoms with E-state index in [0.29, 0.717) is 11.3 Å². The topological polar surface area (TPSA) is 47.0 Å². The first-order valence-electron chi connectivity index (χ1n) is 5.08. The van der Waals surface area contributed by atoms with Crippen LogP contribution in [0, 0.1) is 0 Å². The molecule has 0 radical (unpaired) electrons. The zero-order valence-electron chi connectivity index (χ0n) is 8.72. The van der Waals surface area contributed by atoms with Crippen LogP contribution in [0.4, 0.5) is 0 Å². The number of ether oxygens (including phenoxy) is 1. The van der Waals surface area contributed by atoms with Gasteiger partial charge in [0.1, 0.15) is 6.33 Å². The van der Waals surface area contributed by atoms with E-state index in [-0.39, 0.29) is 0 Å². The minimum Gasteiger partial charge on any atom is -0.380 e. The summed E-state index contributed by atoms with van der Waals surface area (Å²) in [5, 5.41) is 4.79. The molecule has 0 amide bonds. The molecule has 2 heterocycles. The first kappa shape index (κ1) is 10.9. The van der Waals surface area contributed by atoms with E-state index in [4.69, 9.17) is 4.74 Å². The molecule has 0 spiro atoms. The maximum absolute atomic E-state index is 5.48. The van der Waals surface area contributed by atoms with Crippen LogP contribution >= 0.6 is 11.8 Å². The van der Waals surface area contributed by atoms with Gasteiger partial charge >= 0.3 is 0 Å². The monoisotopic (exact) mass is 225 g/mol. The molecule has 1 aliphatic heterocycles. The van der Waals surface area contributed by atoms with E-state index in [1.807, 2.05) is 13.1 Å². The summed E-state index contributed by atoms with van der Waals surface area (Å²) in [5.74, 6) is 0. The Morgan fingerprint density at radius 1 is 1.60 bits per heavy atom. The normalized spacial score (nSPS) is 26.5. The van der Waals surface area contributed by atoms with Crippen LogP contribution in [-0.4, -0.2) is 41.5 Å². The van der Waals surface area contributed by atoms with Crippen molar-refractivity contribution in [3.05, 3.63) is 18.6 Å². The molecule has 15 heavy (non-hydrogen) atoms. The van der Waals surface area contributed by atoms with Gasteiger partial charge in [-0.2, -0.15) is 0 Å². The predicted octanol–water partition coefficient (Wildman–Crippen LogP) is 0.946. The zero-order valence-corrected chi connectivity index (χ0v) is 9.54.